The van der Waals surface area contributed by atoms with Crippen LogP contribution < -0.4 is 5.32 Å². The van der Waals surface area contributed by atoms with Gasteiger partial charge in [0.2, 0.25) is 17.3 Å². The molecule has 5 heterocycles. The van der Waals surface area contributed by atoms with Gasteiger partial charge in [0.25, 0.3) is 5.91 Å². The van der Waals surface area contributed by atoms with E-state index in [1.165, 1.54) is 0 Å². The van der Waals surface area contributed by atoms with Gasteiger partial charge in [0.15, 0.2) is 0 Å². The molecule has 0 aromatic heterocycles. The van der Waals surface area contributed by atoms with Crippen LogP contribution in [0.4, 0.5) is 5.69 Å². The lowest BCUT2D eigenvalue weighted by atomic mass is 9.51. The third-order valence-electron chi connectivity index (χ3n) is 8.87. The molecule has 0 saturated carbocycles. The van der Waals surface area contributed by atoms with Crippen LogP contribution in [0.15, 0.2) is 54.6 Å². The van der Waals surface area contributed by atoms with E-state index in [1.807, 2.05) is 73.4 Å². The highest BCUT2D eigenvalue weighted by atomic mass is 16.5. The summed E-state index contributed by atoms with van der Waals surface area (Å²) in [5.74, 6) is 6.06. The molecule has 2 aromatic carbocycles. The quantitative estimate of drug-likeness (QED) is 0.370. The van der Waals surface area contributed by atoms with Crippen molar-refractivity contribution in [1.29, 1.82) is 0 Å². The second kappa shape index (κ2) is 6.42. The van der Waals surface area contributed by atoms with Crippen molar-refractivity contribution in [2.75, 3.05) is 6.54 Å². The molecule has 6 nitrogen and oxygen atoms in total. The molecule has 0 radical (unpaired) electrons. The van der Waals surface area contributed by atoms with E-state index in [0.29, 0.717) is 30.8 Å². The Morgan fingerprint density at radius 1 is 1.09 bits per heavy atom. The Labute approximate surface area is 203 Å². The fourth-order valence-electron chi connectivity index (χ4n) is 7.23. The lowest BCUT2D eigenvalue weighted by Crippen LogP contribution is -2.83. The number of benzene rings is 2. The summed E-state index contributed by atoms with van der Waals surface area (Å²) in [5.41, 5.74) is 1.93. The van der Waals surface area contributed by atoms with Crippen molar-refractivity contribution in [1.82, 2.24) is 10.2 Å². The fourth-order valence-corrected chi connectivity index (χ4v) is 7.23. The van der Waals surface area contributed by atoms with Crippen molar-refractivity contribution < 1.29 is 14.3 Å². The summed E-state index contributed by atoms with van der Waals surface area (Å²) >= 11 is 0. The van der Waals surface area contributed by atoms with Crippen molar-refractivity contribution in [3.05, 3.63) is 76.5 Å². The first kappa shape index (κ1) is 20.5. The topological polar surface area (TPSA) is 75.5 Å². The number of carbonyl (C=O) groups excluding carboxylic acids is 2. The van der Waals surface area contributed by atoms with Gasteiger partial charge in [-0.25, -0.2) is 0 Å². The Morgan fingerprint density at radius 3 is 2.66 bits per heavy atom. The summed E-state index contributed by atoms with van der Waals surface area (Å²) in [6.07, 6.45) is 3.98. The molecule has 2 bridgehead atoms. The summed E-state index contributed by atoms with van der Waals surface area (Å²) < 4.78 is 1.03. The molecule has 174 valence electrons. The number of nitrogens with zero attached hydrogens (tertiary/aromatic N) is 2. The summed E-state index contributed by atoms with van der Waals surface area (Å²) in [6.45, 7) is 4.71. The maximum Gasteiger partial charge on any atom is 0.253 e. The van der Waals surface area contributed by atoms with Crippen LogP contribution in [0.5, 0.6) is 0 Å². The summed E-state index contributed by atoms with van der Waals surface area (Å²) in [4.78, 5) is 28.9. The zero-order chi connectivity index (χ0) is 24.2. The second-order valence-electron chi connectivity index (χ2n) is 10.9. The van der Waals surface area contributed by atoms with Gasteiger partial charge in [0.05, 0.1) is 16.6 Å². The number of hydrogen-bond acceptors (Lipinski definition) is 3. The number of allylic oxidation sites excluding steroid dienone is 1. The molecular formula is C29H25N3O3. The monoisotopic (exact) mass is 463 g/mol. The van der Waals surface area contributed by atoms with Crippen LogP contribution in [0.25, 0.3) is 5.57 Å². The van der Waals surface area contributed by atoms with Crippen LogP contribution in [0, 0.1) is 28.4 Å². The van der Waals surface area contributed by atoms with Crippen LogP contribution in [-0.2, 0) is 9.59 Å². The van der Waals surface area contributed by atoms with E-state index in [2.05, 4.69) is 17.2 Å². The molecule has 6 heteroatoms. The van der Waals surface area contributed by atoms with Gasteiger partial charge >= 0.3 is 0 Å². The number of fused-ring (bicyclic) bond motifs is 4. The van der Waals surface area contributed by atoms with Crippen molar-refractivity contribution in [2.45, 2.75) is 44.2 Å². The minimum absolute atomic E-state index is 0.0262. The van der Waals surface area contributed by atoms with Crippen molar-refractivity contribution in [3.8, 4) is 11.8 Å². The molecule has 2 amide bonds. The van der Waals surface area contributed by atoms with Gasteiger partial charge in [0, 0.05) is 29.7 Å². The Morgan fingerprint density at radius 2 is 1.86 bits per heavy atom. The van der Waals surface area contributed by atoms with Gasteiger partial charge in [-0.2, -0.15) is 4.74 Å². The van der Waals surface area contributed by atoms with E-state index in [9.17, 15) is 14.8 Å². The average molecular weight is 464 g/mol. The van der Waals surface area contributed by atoms with E-state index >= 15 is 0 Å². The molecule has 1 N–H and O–H groups in total. The third kappa shape index (κ3) is 2.38. The predicted octanol–water partition coefficient (Wildman–Crippen LogP) is 3.36. The number of rotatable bonds is 0. The molecule has 4 saturated heterocycles. The lowest BCUT2D eigenvalue weighted by molar-refractivity contribution is -0.362. The van der Waals surface area contributed by atoms with Crippen molar-refractivity contribution in [3.63, 3.8) is 0 Å². The van der Waals surface area contributed by atoms with E-state index in [1.54, 1.807) is 0 Å². The van der Waals surface area contributed by atoms with E-state index in [0.717, 1.165) is 33.4 Å². The van der Waals surface area contributed by atoms with Crippen LogP contribution >= 0.6 is 0 Å². The number of amides is 2. The first-order valence-corrected chi connectivity index (χ1v) is 12.2. The maximum absolute atomic E-state index is 13.9. The normalized spacial score (nSPS) is 31.1. The van der Waals surface area contributed by atoms with Crippen LogP contribution in [0.1, 0.15) is 49.8 Å². The molecule has 6 aliphatic rings. The molecule has 35 heavy (non-hydrogen) atoms. The predicted molar refractivity (Wildman–Crippen MR) is 132 cm³/mol. The molecule has 4 fully saturated rings. The van der Waals surface area contributed by atoms with E-state index < -0.39 is 16.5 Å². The minimum atomic E-state index is -1.11. The molecule has 1 aliphatic carbocycles. The SMILES string of the molecule is CC1(C)C2=[N+]([O-])c3cc(C#Cc4ccccc4)ccc3C2=C[C@@]23NC(=O)[C@]4(CCCN4C2=O)CC13. The maximum atomic E-state index is 13.9. The smallest absolute Gasteiger partial charge is 0.253 e. The zero-order valence-electron chi connectivity index (χ0n) is 19.7. The average Bonchev–Trinajstić information content (AvgIpc) is 3.40. The second-order valence-corrected chi connectivity index (χ2v) is 10.9. The highest BCUT2D eigenvalue weighted by molar-refractivity contribution is 6.30. The lowest BCUT2D eigenvalue weighted by Gasteiger charge is -2.62. The Bertz CT molecular complexity index is 1480. The first-order valence-electron chi connectivity index (χ1n) is 12.2. The van der Waals surface area contributed by atoms with Gasteiger partial charge < -0.3 is 15.4 Å². The molecule has 8 rings (SSSR count). The van der Waals surface area contributed by atoms with Crippen LogP contribution in [0.3, 0.4) is 0 Å². The summed E-state index contributed by atoms with van der Waals surface area (Å²) in [6, 6.07) is 15.4. The van der Waals surface area contributed by atoms with Gasteiger partial charge in [-0.05, 0) is 63.5 Å². The Balaban J connectivity index is 1.39. The minimum Gasteiger partial charge on any atom is -0.618 e. The fraction of sp³-hybridized carbons (Fsp3) is 0.345. The number of piperidine rings is 2. The molecule has 2 aromatic rings. The summed E-state index contributed by atoms with van der Waals surface area (Å²) in [5, 5.41) is 16.9. The largest absolute Gasteiger partial charge is 0.618 e. The third-order valence-corrected chi connectivity index (χ3v) is 8.87. The van der Waals surface area contributed by atoms with Crippen molar-refractivity contribution in [2.24, 2.45) is 11.3 Å². The van der Waals surface area contributed by atoms with Gasteiger partial charge in [-0.15, -0.1) is 0 Å². The Hall–Kier alpha value is -3.85. The van der Waals surface area contributed by atoms with Gasteiger partial charge in [0.1, 0.15) is 11.1 Å². The molecule has 3 atom stereocenters. The standard InChI is InChI=1S/C29H25N3O3/c1-27(2)23-17-28-13-6-14-31(28)26(34)29(23,30-25(28)33)16-21-20-12-11-19(15-22(20)32(35)24(21)27)10-9-18-7-4-3-5-8-18/h3-5,7-8,11-12,15-16,23H,6,13-14,17H2,1-2H3,(H,30,33)/t23?,28-,29-/m0/s1. The van der Waals surface area contributed by atoms with E-state index in [4.69, 9.17) is 0 Å². The molecule has 1 unspecified atom stereocenters. The Kier molecular flexibility index (Phi) is 3.77. The van der Waals surface area contributed by atoms with Crippen molar-refractivity contribution >= 4 is 28.8 Å². The van der Waals surface area contributed by atoms with Crippen LogP contribution in [0.2, 0.25) is 0 Å². The number of carbonyl (C=O) groups is 2. The molecular weight excluding hydrogens is 438 g/mol. The summed E-state index contributed by atoms with van der Waals surface area (Å²) in [7, 11) is 0. The zero-order valence-corrected chi connectivity index (χ0v) is 19.7. The van der Waals surface area contributed by atoms with E-state index in [-0.39, 0.29) is 17.7 Å². The molecule has 5 aliphatic heterocycles. The van der Waals surface area contributed by atoms with Gasteiger partial charge in [-0.1, -0.05) is 30.0 Å². The number of piperazine rings is 1. The van der Waals surface area contributed by atoms with Gasteiger partial charge in [-0.3, -0.25) is 9.59 Å². The highest BCUT2D eigenvalue weighted by Crippen LogP contribution is 2.60. The highest BCUT2D eigenvalue weighted by Gasteiger charge is 2.73. The van der Waals surface area contributed by atoms with Crippen LogP contribution in [-0.4, -0.2) is 44.8 Å². The molecule has 2 spiro atoms. The first-order chi connectivity index (χ1) is 16.8. The number of nitrogens with one attached hydrogen (secondary N) is 1. The number of hydrogen-bond donors (Lipinski definition) is 1.